The number of carbonyl (C=O) groups excluding carboxylic acids is 2. The number of rotatable bonds is 13. The van der Waals surface area contributed by atoms with Crippen LogP contribution < -0.4 is 14.4 Å². The van der Waals surface area contributed by atoms with Crippen molar-refractivity contribution in [1.82, 2.24) is 10.2 Å². The number of sulfonamides is 1. The number of aryl methyl sites for hydroxylation is 1. The zero-order valence-corrected chi connectivity index (χ0v) is 23.8. The molecule has 0 saturated carbocycles. The van der Waals surface area contributed by atoms with Gasteiger partial charge in [0, 0.05) is 33.0 Å². The van der Waals surface area contributed by atoms with Crippen molar-refractivity contribution >= 4 is 27.5 Å². The summed E-state index contributed by atoms with van der Waals surface area (Å²) in [6.45, 7) is 2.37. The van der Waals surface area contributed by atoms with E-state index in [-0.39, 0.29) is 37.7 Å². The molecule has 3 aromatic carbocycles. The Kier molecular flexibility index (Phi) is 10.5. The average Bonchev–Trinajstić information content (AvgIpc) is 2.93. The summed E-state index contributed by atoms with van der Waals surface area (Å²) in [7, 11) is -0.473. The Balaban J connectivity index is 1.84. The third-order valence-electron chi connectivity index (χ3n) is 6.63. The number of benzene rings is 3. The molecule has 0 bridgehead atoms. The van der Waals surface area contributed by atoms with E-state index in [2.05, 4.69) is 5.32 Å². The summed E-state index contributed by atoms with van der Waals surface area (Å²) >= 11 is 0. The van der Waals surface area contributed by atoms with Crippen molar-refractivity contribution in [3.63, 3.8) is 0 Å². The number of hydrogen-bond acceptors (Lipinski definition) is 5. The molecule has 0 aliphatic carbocycles. The van der Waals surface area contributed by atoms with Gasteiger partial charge in [-0.3, -0.25) is 13.9 Å². The molecular weight excluding hydrogens is 514 g/mol. The molecule has 9 heteroatoms. The van der Waals surface area contributed by atoms with E-state index in [0.717, 1.165) is 22.9 Å². The van der Waals surface area contributed by atoms with Crippen LogP contribution in [0.5, 0.6) is 5.75 Å². The smallest absolute Gasteiger partial charge is 0.242 e. The van der Waals surface area contributed by atoms with E-state index < -0.39 is 16.1 Å². The van der Waals surface area contributed by atoms with Crippen molar-refractivity contribution in [2.45, 2.75) is 38.8 Å². The first-order valence-corrected chi connectivity index (χ1v) is 14.7. The third-order valence-corrected chi connectivity index (χ3v) is 7.83. The van der Waals surface area contributed by atoms with Gasteiger partial charge in [-0.2, -0.15) is 0 Å². The number of likely N-dealkylation sites (N-methyl/N-ethyl adjacent to an activating group) is 1. The second-order valence-corrected chi connectivity index (χ2v) is 11.3. The van der Waals surface area contributed by atoms with Gasteiger partial charge < -0.3 is 15.0 Å². The fraction of sp³-hybridized carbons (Fsp3) is 0.333. The van der Waals surface area contributed by atoms with Crippen LogP contribution in [-0.4, -0.2) is 58.1 Å². The van der Waals surface area contributed by atoms with Gasteiger partial charge in [-0.1, -0.05) is 54.6 Å². The summed E-state index contributed by atoms with van der Waals surface area (Å²) in [6, 6.07) is 23.4. The van der Waals surface area contributed by atoms with E-state index in [1.165, 1.54) is 4.31 Å². The molecule has 0 aliphatic rings. The monoisotopic (exact) mass is 551 g/mol. The summed E-state index contributed by atoms with van der Waals surface area (Å²) in [4.78, 5) is 28.4. The summed E-state index contributed by atoms with van der Waals surface area (Å²) < 4.78 is 31.6. The largest absolute Gasteiger partial charge is 0.497 e. The topological polar surface area (TPSA) is 96.0 Å². The Labute approximate surface area is 231 Å². The number of hydrogen-bond donors (Lipinski definition) is 1. The lowest BCUT2D eigenvalue weighted by Crippen LogP contribution is -2.50. The average molecular weight is 552 g/mol. The molecule has 0 fully saturated rings. The summed E-state index contributed by atoms with van der Waals surface area (Å²) in [5.41, 5.74) is 3.41. The van der Waals surface area contributed by atoms with Crippen molar-refractivity contribution < 1.29 is 22.7 Å². The van der Waals surface area contributed by atoms with E-state index in [9.17, 15) is 18.0 Å². The van der Waals surface area contributed by atoms with Crippen molar-refractivity contribution in [3.05, 3.63) is 95.6 Å². The van der Waals surface area contributed by atoms with Crippen molar-refractivity contribution in [1.29, 1.82) is 0 Å². The zero-order chi connectivity index (χ0) is 28.4. The van der Waals surface area contributed by atoms with Gasteiger partial charge in [0.25, 0.3) is 0 Å². The summed E-state index contributed by atoms with van der Waals surface area (Å²) in [5.74, 6) is 0.149. The highest BCUT2D eigenvalue weighted by atomic mass is 32.2. The molecule has 3 rings (SSSR count). The summed E-state index contributed by atoms with van der Waals surface area (Å²) in [6.07, 6.45) is 1.87. The molecule has 3 aromatic rings. The van der Waals surface area contributed by atoms with Crippen LogP contribution in [0.3, 0.4) is 0 Å². The molecule has 39 heavy (non-hydrogen) atoms. The maximum atomic E-state index is 13.7. The number of amides is 2. The number of methoxy groups -OCH3 is 1. The Morgan fingerprint density at radius 3 is 2.18 bits per heavy atom. The fourth-order valence-electron chi connectivity index (χ4n) is 4.44. The highest BCUT2D eigenvalue weighted by Gasteiger charge is 2.30. The maximum Gasteiger partial charge on any atom is 0.242 e. The van der Waals surface area contributed by atoms with Crippen LogP contribution in [0, 0.1) is 6.92 Å². The lowest BCUT2D eigenvalue weighted by molar-refractivity contribution is -0.141. The molecule has 0 spiro atoms. The van der Waals surface area contributed by atoms with E-state index in [4.69, 9.17) is 4.74 Å². The second kappa shape index (κ2) is 13.8. The van der Waals surface area contributed by atoms with Gasteiger partial charge in [-0.25, -0.2) is 8.42 Å². The molecule has 0 unspecified atom stereocenters. The highest BCUT2D eigenvalue weighted by molar-refractivity contribution is 7.92. The Bertz CT molecular complexity index is 1340. The first-order valence-electron chi connectivity index (χ1n) is 12.8. The molecule has 0 aromatic heterocycles. The van der Waals surface area contributed by atoms with Crippen molar-refractivity contribution in [2.75, 3.05) is 31.3 Å². The minimum Gasteiger partial charge on any atom is -0.497 e. The Hall–Kier alpha value is -3.85. The minimum absolute atomic E-state index is 0.0797. The predicted molar refractivity (Wildman–Crippen MR) is 154 cm³/mol. The highest BCUT2D eigenvalue weighted by Crippen LogP contribution is 2.23. The van der Waals surface area contributed by atoms with Crippen LogP contribution in [0.2, 0.25) is 0 Å². The fourth-order valence-corrected chi connectivity index (χ4v) is 5.41. The van der Waals surface area contributed by atoms with Crippen molar-refractivity contribution in [2.24, 2.45) is 0 Å². The Morgan fingerprint density at radius 2 is 1.59 bits per heavy atom. The molecule has 2 amide bonds. The molecule has 0 aliphatic heterocycles. The first kappa shape index (κ1) is 29.7. The van der Waals surface area contributed by atoms with E-state index in [0.29, 0.717) is 17.9 Å². The predicted octanol–water partition coefficient (Wildman–Crippen LogP) is 3.94. The van der Waals surface area contributed by atoms with Crippen LogP contribution in [0.4, 0.5) is 5.69 Å². The van der Waals surface area contributed by atoms with Gasteiger partial charge in [0.2, 0.25) is 21.8 Å². The van der Waals surface area contributed by atoms with Crippen LogP contribution in [0.25, 0.3) is 0 Å². The maximum absolute atomic E-state index is 13.7. The number of ether oxygens (including phenoxy) is 1. The molecule has 0 heterocycles. The van der Waals surface area contributed by atoms with Crippen LogP contribution in [-0.2, 0) is 32.6 Å². The molecule has 8 nitrogen and oxygen atoms in total. The van der Waals surface area contributed by atoms with E-state index in [1.807, 2.05) is 61.5 Å². The van der Waals surface area contributed by atoms with E-state index >= 15 is 0 Å². The van der Waals surface area contributed by atoms with Gasteiger partial charge in [0.15, 0.2) is 0 Å². The summed E-state index contributed by atoms with van der Waals surface area (Å²) in [5, 5.41) is 2.72. The van der Waals surface area contributed by atoms with Crippen LogP contribution in [0.15, 0.2) is 78.9 Å². The zero-order valence-electron chi connectivity index (χ0n) is 23.0. The lowest BCUT2D eigenvalue weighted by Gasteiger charge is -2.32. The van der Waals surface area contributed by atoms with Gasteiger partial charge in [0.1, 0.15) is 11.8 Å². The number of nitrogens with one attached hydrogen (secondary N) is 1. The van der Waals surface area contributed by atoms with Crippen LogP contribution in [0.1, 0.15) is 29.5 Å². The first-order chi connectivity index (χ1) is 18.6. The van der Waals surface area contributed by atoms with Crippen LogP contribution >= 0.6 is 0 Å². The third kappa shape index (κ3) is 8.32. The number of anilines is 1. The number of nitrogens with zero attached hydrogens (tertiary/aromatic N) is 2. The SMILES string of the molecule is CNC(=O)[C@H](Cc1ccccc1)N(Cc1ccccc1C)C(=O)CCCN(c1ccc(OC)cc1)S(C)(=O)=O. The minimum atomic E-state index is -3.58. The molecular formula is C30H37N3O5S. The molecule has 0 saturated heterocycles. The standard InChI is InChI=1S/C30H37N3O5S/c1-23-11-8-9-14-25(23)22-32(28(30(35)31-2)21-24-12-6-5-7-13-24)29(34)15-10-20-33(39(4,36)37)26-16-18-27(38-3)19-17-26/h5-9,11-14,16-19,28H,10,15,20-22H2,1-4H3,(H,31,35)/t28-/m0/s1. The van der Waals surface area contributed by atoms with E-state index in [1.54, 1.807) is 43.3 Å². The molecule has 1 N–H and O–H groups in total. The number of carbonyl (C=O) groups is 2. The molecule has 208 valence electrons. The quantitative estimate of drug-likeness (QED) is 0.347. The van der Waals surface area contributed by atoms with Gasteiger partial charge >= 0.3 is 0 Å². The van der Waals surface area contributed by atoms with Gasteiger partial charge in [0.05, 0.1) is 19.1 Å². The normalized spacial score (nSPS) is 11.9. The molecule has 1 atom stereocenters. The second-order valence-electron chi connectivity index (χ2n) is 9.40. The van der Waals surface area contributed by atoms with Gasteiger partial charge in [-0.05, 0) is 54.3 Å². The Morgan fingerprint density at radius 1 is 0.949 bits per heavy atom. The lowest BCUT2D eigenvalue weighted by atomic mass is 10.0. The van der Waals surface area contributed by atoms with Crippen molar-refractivity contribution in [3.8, 4) is 5.75 Å². The molecule has 0 radical (unpaired) electrons. The van der Waals surface area contributed by atoms with Gasteiger partial charge in [-0.15, -0.1) is 0 Å².